The van der Waals surface area contributed by atoms with E-state index in [0.717, 1.165) is 30.1 Å². The van der Waals surface area contributed by atoms with Crippen LogP contribution in [0.3, 0.4) is 0 Å². The van der Waals surface area contributed by atoms with Crippen LogP contribution >= 0.6 is 11.6 Å². The molecule has 0 atom stereocenters. The highest BCUT2D eigenvalue weighted by Gasteiger charge is 2.26. The number of benzene rings is 2. The van der Waals surface area contributed by atoms with E-state index in [1.54, 1.807) is 11.1 Å². The summed E-state index contributed by atoms with van der Waals surface area (Å²) in [5.41, 5.74) is 3.71. The first-order valence-electron chi connectivity index (χ1n) is 8.91. The van der Waals surface area contributed by atoms with Crippen LogP contribution in [0.25, 0.3) is 0 Å². The van der Waals surface area contributed by atoms with Gasteiger partial charge in [0.2, 0.25) is 0 Å². The zero-order valence-corrected chi connectivity index (χ0v) is 15.5. The molecule has 0 aliphatic carbocycles. The van der Waals surface area contributed by atoms with Gasteiger partial charge < -0.3 is 10.2 Å². The van der Waals surface area contributed by atoms with Crippen molar-refractivity contribution < 1.29 is 4.79 Å². The smallest absolute Gasteiger partial charge is 0.278 e. The van der Waals surface area contributed by atoms with E-state index in [1.165, 1.54) is 17.3 Å². The lowest BCUT2D eigenvalue weighted by atomic mass is 10.1. The number of nitrogens with one attached hydrogen (secondary N) is 1. The Kier molecular flexibility index (Phi) is 5.03. The van der Waals surface area contributed by atoms with E-state index in [1.807, 2.05) is 42.5 Å². The zero-order chi connectivity index (χ0) is 18.6. The van der Waals surface area contributed by atoms with Gasteiger partial charge in [-0.25, -0.2) is 9.97 Å². The van der Waals surface area contributed by atoms with Crippen molar-refractivity contribution in [2.45, 2.75) is 12.8 Å². The molecule has 2 heterocycles. The Balaban J connectivity index is 1.36. The molecule has 4 rings (SSSR count). The maximum atomic E-state index is 12.7. The molecule has 136 valence electrons. The maximum Gasteiger partial charge on any atom is 0.278 e. The number of carbonyl (C=O) groups excluding carboxylic acids is 1. The van der Waals surface area contributed by atoms with Crippen LogP contribution < -0.4 is 10.2 Å². The number of para-hydroxylation sites is 1. The summed E-state index contributed by atoms with van der Waals surface area (Å²) in [5, 5.41) is 3.96. The molecule has 1 amide bonds. The molecule has 0 fully saturated rings. The summed E-state index contributed by atoms with van der Waals surface area (Å²) < 4.78 is 0. The van der Waals surface area contributed by atoms with E-state index in [4.69, 9.17) is 11.6 Å². The molecule has 5 nitrogen and oxygen atoms in total. The Morgan fingerprint density at radius 1 is 1.07 bits per heavy atom. The minimum Gasteiger partial charge on any atom is -0.368 e. The lowest BCUT2D eigenvalue weighted by Crippen LogP contribution is -2.29. The summed E-state index contributed by atoms with van der Waals surface area (Å²) >= 11 is 5.89. The first kappa shape index (κ1) is 17.5. The zero-order valence-electron chi connectivity index (χ0n) is 14.7. The Hall–Kier alpha value is -2.92. The molecule has 2 aromatic carbocycles. The molecular formula is C21H19ClN4O. The summed E-state index contributed by atoms with van der Waals surface area (Å²) in [6.07, 6.45) is 4.87. The van der Waals surface area contributed by atoms with Crippen molar-refractivity contribution in [3.8, 4) is 0 Å². The molecule has 3 aromatic rings. The fourth-order valence-electron chi connectivity index (χ4n) is 3.20. The molecule has 0 saturated carbocycles. The second-order valence-electron chi connectivity index (χ2n) is 6.43. The van der Waals surface area contributed by atoms with E-state index in [2.05, 4.69) is 21.4 Å². The molecule has 0 saturated heterocycles. The van der Waals surface area contributed by atoms with Crippen LogP contribution in [-0.2, 0) is 12.8 Å². The van der Waals surface area contributed by atoms with Crippen LogP contribution in [0.2, 0.25) is 5.02 Å². The Morgan fingerprint density at radius 3 is 2.67 bits per heavy atom. The first-order valence-corrected chi connectivity index (χ1v) is 9.28. The number of anilines is 2. The number of hydrogen-bond donors (Lipinski definition) is 1. The third kappa shape index (κ3) is 3.93. The number of aromatic nitrogens is 2. The van der Waals surface area contributed by atoms with Gasteiger partial charge in [-0.05, 0) is 42.2 Å². The SMILES string of the molecule is O=C(c1cnc(NCCc2ccc(Cl)cc2)cn1)N1CCc2ccccc21. The van der Waals surface area contributed by atoms with Crippen LogP contribution in [0.5, 0.6) is 0 Å². The lowest BCUT2D eigenvalue weighted by molar-refractivity contribution is 0.0984. The van der Waals surface area contributed by atoms with Gasteiger partial charge in [-0.3, -0.25) is 4.79 Å². The number of halogens is 1. The molecule has 1 aromatic heterocycles. The van der Waals surface area contributed by atoms with Gasteiger partial charge in [0.25, 0.3) is 5.91 Å². The van der Waals surface area contributed by atoms with Crippen LogP contribution in [0.1, 0.15) is 21.6 Å². The summed E-state index contributed by atoms with van der Waals surface area (Å²) in [4.78, 5) is 23.1. The summed E-state index contributed by atoms with van der Waals surface area (Å²) in [5.74, 6) is 0.544. The number of rotatable bonds is 5. The molecular weight excluding hydrogens is 360 g/mol. The standard InChI is InChI=1S/C21H19ClN4O/c22-17-7-5-15(6-8-17)9-11-23-20-14-24-18(13-25-20)21(27)26-12-10-16-3-1-2-4-19(16)26/h1-8,13-14H,9-12H2,(H,23,25). The van der Waals surface area contributed by atoms with Crippen LogP contribution in [0.15, 0.2) is 60.9 Å². The quantitative estimate of drug-likeness (QED) is 0.729. The van der Waals surface area contributed by atoms with Crippen molar-refractivity contribution in [2.75, 3.05) is 23.3 Å². The number of nitrogens with zero attached hydrogens (tertiary/aromatic N) is 3. The van der Waals surface area contributed by atoms with Gasteiger partial charge in [0.05, 0.1) is 12.4 Å². The molecule has 0 unspecified atom stereocenters. The average molecular weight is 379 g/mol. The predicted molar refractivity (Wildman–Crippen MR) is 108 cm³/mol. The fraction of sp³-hybridized carbons (Fsp3) is 0.190. The molecule has 0 spiro atoms. The number of carbonyl (C=O) groups is 1. The third-order valence-corrected chi connectivity index (χ3v) is 4.89. The van der Waals surface area contributed by atoms with E-state index in [0.29, 0.717) is 18.1 Å². The Labute approximate surface area is 163 Å². The van der Waals surface area contributed by atoms with E-state index in [-0.39, 0.29) is 5.91 Å². The topological polar surface area (TPSA) is 58.1 Å². The summed E-state index contributed by atoms with van der Waals surface area (Å²) in [6, 6.07) is 15.8. The highest BCUT2D eigenvalue weighted by atomic mass is 35.5. The first-order chi connectivity index (χ1) is 13.2. The Morgan fingerprint density at radius 2 is 1.89 bits per heavy atom. The van der Waals surface area contributed by atoms with Crippen molar-refractivity contribution >= 4 is 29.0 Å². The highest BCUT2D eigenvalue weighted by molar-refractivity contribution is 6.30. The van der Waals surface area contributed by atoms with E-state index >= 15 is 0 Å². The maximum absolute atomic E-state index is 12.7. The van der Waals surface area contributed by atoms with Crippen LogP contribution in [0.4, 0.5) is 11.5 Å². The van der Waals surface area contributed by atoms with Crippen molar-refractivity contribution in [1.82, 2.24) is 9.97 Å². The molecule has 27 heavy (non-hydrogen) atoms. The van der Waals surface area contributed by atoms with Crippen LogP contribution in [-0.4, -0.2) is 29.0 Å². The van der Waals surface area contributed by atoms with Crippen molar-refractivity contribution in [3.05, 3.63) is 82.8 Å². The number of fused-ring (bicyclic) bond motifs is 1. The second-order valence-corrected chi connectivity index (χ2v) is 6.86. The average Bonchev–Trinajstić information content (AvgIpc) is 3.14. The van der Waals surface area contributed by atoms with Crippen molar-refractivity contribution in [2.24, 2.45) is 0 Å². The number of amides is 1. The Bertz CT molecular complexity index is 941. The minimum absolute atomic E-state index is 0.111. The lowest BCUT2D eigenvalue weighted by Gasteiger charge is -2.16. The minimum atomic E-state index is -0.111. The van der Waals surface area contributed by atoms with Gasteiger partial charge in [0, 0.05) is 23.8 Å². The largest absolute Gasteiger partial charge is 0.368 e. The normalized spacial score (nSPS) is 12.7. The van der Waals surface area contributed by atoms with E-state index in [9.17, 15) is 4.79 Å². The molecule has 1 aliphatic heterocycles. The molecule has 0 bridgehead atoms. The van der Waals surface area contributed by atoms with Crippen molar-refractivity contribution in [3.63, 3.8) is 0 Å². The third-order valence-electron chi connectivity index (χ3n) is 4.64. The monoisotopic (exact) mass is 378 g/mol. The van der Waals surface area contributed by atoms with Gasteiger partial charge in [-0.15, -0.1) is 0 Å². The van der Waals surface area contributed by atoms with Crippen molar-refractivity contribution in [1.29, 1.82) is 0 Å². The van der Waals surface area contributed by atoms with Gasteiger partial charge in [-0.1, -0.05) is 41.9 Å². The molecule has 1 N–H and O–H groups in total. The van der Waals surface area contributed by atoms with E-state index < -0.39 is 0 Å². The summed E-state index contributed by atoms with van der Waals surface area (Å²) in [6.45, 7) is 1.41. The van der Waals surface area contributed by atoms with Gasteiger partial charge >= 0.3 is 0 Å². The highest BCUT2D eigenvalue weighted by Crippen LogP contribution is 2.28. The second kappa shape index (κ2) is 7.76. The molecule has 0 radical (unpaired) electrons. The summed E-state index contributed by atoms with van der Waals surface area (Å²) in [7, 11) is 0. The van der Waals surface area contributed by atoms with Crippen LogP contribution in [0, 0.1) is 0 Å². The molecule has 6 heteroatoms. The fourth-order valence-corrected chi connectivity index (χ4v) is 3.33. The van der Waals surface area contributed by atoms with Gasteiger partial charge in [0.15, 0.2) is 0 Å². The number of hydrogen-bond acceptors (Lipinski definition) is 4. The predicted octanol–water partition coefficient (Wildman–Crippen LogP) is 3.99. The molecule has 1 aliphatic rings. The van der Waals surface area contributed by atoms with Gasteiger partial charge in [0.1, 0.15) is 11.5 Å². The van der Waals surface area contributed by atoms with Gasteiger partial charge in [-0.2, -0.15) is 0 Å².